The molecule has 6 heteroatoms. The quantitative estimate of drug-likeness (QED) is 0.776. The Labute approximate surface area is 120 Å². The predicted molar refractivity (Wildman–Crippen MR) is 80.9 cm³/mol. The van der Waals surface area contributed by atoms with Crippen molar-refractivity contribution in [2.24, 2.45) is 5.92 Å². The van der Waals surface area contributed by atoms with Crippen LogP contribution >= 0.6 is 11.3 Å². The number of hydrogen-bond acceptors (Lipinski definition) is 4. The SMILES string of the molecule is CCNCc1csc(S(=O)(=O)NC(C)C(C)CC)c1. The lowest BCUT2D eigenvalue weighted by molar-refractivity contribution is 0.434. The van der Waals surface area contributed by atoms with E-state index in [-0.39, 0.29) is 6.04 Å². The highest BCUT2D eigenvalue weighted by Crippen LogP contribution is 2.21. The van der Waals surface area contributed by atoms with E-state index in [1.807, 2.05) is 19.2 Å². The second-order valence-corrected chi connectivity index (χ2v) is 7.70. The standard InChI is InChI=1S/C13H24N2O2S2/c1-5-10(3)11(4)15-19(16,17)13-7-12(9-18-13)8-14-6-2/h7,9-11,14-15H,5-6,8H2,1-4H3. The minimum atomic E-state index is -3.38. The Kier molecular flexibility index (Phi) is 6.46. The van der Waals surface area contributed by atoms with Crippen LogP contribution in [0.1, 0.15) is 39.7 Å². The molecule has 0 aliphatic carbocycles. The summed E-state index contributed by atoms with van der Waals surface area (Å²) in [5, 5.41) is 5.08. The predicted octanol–water partition coefficient (Wildman–Crippen LogP) is 2.57. The largest absolute Gasteiger partial charge is 0.313 e. The second-order valence-electron chi connectivity index (χ2n) is 4.85. The zero-order chi connectivity index (χ0) is 14.5. The third-order valence-electron chi connectivity index (χ3n) is 3.31. The molecule has 1 heterocycles. The number of rotatable bonds is 8. The molecule has 110 valence electrons. The van der Waals surface area contributed by atoms with Gasteiger partial charge in [0.1, 0.15) is 4.21 Å². The first-order valence-electron chi connectivity index (χ1n) is 6.71. The molecule has 19 heavy (non-hydrogen) atoms. The van der Waals surface area contributed by atoms with Gasteiger partial charge in [-0.3, -0.25) is 0 Å². The fraction of sp³-hybridized carbons (Fsp3) is 0.692. The molecule has 0 bridgehead atoms. The van der Waals surface area contributed by atoms with E-state index in [9.17, 15) is 8.42 Å². The Hall–Kier alpha value is -0.430. The van der Waals surface area contributed by atoms with Gasteiger partial charge < -0.3 is 5.32 Å². The molecular formula is C13H24N2O2S2. The van der Waals surface area contributed by atoms with Gasteiger partial charge in [0.2, 0.25) is 10.0 Å². The lowest BCUT2D eigenvalue weighted by Crippen LogP contribution is -2.36. The molecule has 4 nitrogen and oxygen atoms in total. The van der Waals surface area contributed by atoms with Gasteiger partial charge in [0, 0.05) is 12.6 Å². The van der Waals surface area contributed by atoms with Gasteiger partial charge >= 0.3 is 0 Å². The van der Waals surface area contributed by atoms with Crippen LogP contribution < -0.4 is 10.0 Å². The first-order chi connectivity index (χ1) is 8.90. The van der Waals surface area contributed by atoms with Gasteiger partial charge in [-0.15, -0.1) is 11.3 Å². The summed E-state index contributed by atoms with van der Waals surface area (Å²) in [5.74, 6) is 0.330. The van der Waals surface area contributed by atoms with E-state index in [1.165, 1.54) is 11.3 Å². The van der Waals surface area contributed by atoms with Crippen molar-refractivity contribution in [3.63, 3.8) is 0 Å². The lowest BCUT2D eigenvalue weighted by Gasteiger charge is -2.19. The minimum absolute atomic E-state index is 0.0469. The van der Waals surface area contributed by atoms with Crippen molar-refractivity contribution in [3.8, 4) is 0 Å². The second kappa shape index (κ2) is 7.38. The van der Waals surface area contributed by atoms with Crippen molar-refractivity contribution < 1.29 is 8.42 Å². The van der Waals surface area contributed by atoms with Crippen LogP contribution in [0.25, 0.3) is 0 Å². The van der Waals surface area contributed by atoms with Gasteiger partial charge in [0.05, 0.1) is 0 Å². The summed E-state index contributed by atoms with van der Waals surface area (Å²) in [4.78, 5) is 0. The lowest BCUT2D eigenvalue weighted by atomic mass is 10.0. The summed E-state index contributed by atoms with van der Waals surface area (Å²) in [7, 11) is -3.38. The molecule has 0 spiro atoms. The van der Waals surface area contributed by atoms with Gasteiger partial charge in [-0.2, -0.15) is 0 Å². The molecule has 0 aromatic carbocycles. The van der Waals surface area contributed by atoms with E-state index in [0.29, 0.717) is 16.7 Å². The molecule has 2 atom stereocenters. The zero-order valence-electron chi connectivity index (χ0n) is 12.1. The van der Waals surface area contributed by atoms with E-state index >= 15 is 0 Å². The number of sulfonamides is 1. The summed E-state index contributed by atoms with van der Waals surface area (Å²) in [5.41, 5.74) is 1.02. The fourth-order valence-electron chi connectivity index (χ4n) is 1.63. The van der Waals surface area contributed by atoms with Crippen molar-refractivity contribution in [2.75, 3.05) is 6.54 Å². The van der Waals surface area contributed by atoms with E-state index in [0.717, 1.165) is 18.5 Å². The first-order valence-corrected chi connectivity index (χ1v) is 9.07. The average molecular weight is 304 g/mol. The number of nitrogens with one attached hydrogen (secondary N) is 2. The molecule has 0 saturated heterocycles. The molecule has 0 aliphatic rings. The third kappa shape index (κ3) is 4.87. The van der Waals surface area contributed by atoms with E-state index in [4.69, 9.17) is 0 Å². The highest BCUT2D eigenvalue weighted by atomic mass is 32.2. The summed E-state index contributed by atoms with van der Waals surface area (Å²) in [6.45, 7) is 9.65. The molecule has 2 N–H and O–H groups in total. The van der Waals surface area contributed by atoms with E-state index in [2.05, 4.69) is 23.9 Å². The topological polar surface area (TPSA) is 58.2 Å². The molecule has 0 saturated carbocycles. The van der Waals surface area contributed by atoms with Crippen molar-refractivity contribution in [3.05, 3.63) is 17.0 Å². The third-order valence-corrected chi connectivity index (χ3v) is 6.36. The maximum Gasteiger partial charge on any atom is 0.250 e. The van der Waals surface area contributed by atoms with Crippen molar-refractivity contribution >= 4 is 21.4 Å². The van der Waals surface area contributed by atoms with Crippen LogP contribution in [0.2, 0.25) is 0 Å². The normalized spacial score (nSPS) is 15.4. The molecule has 0 fully saturated rings. The molecule has 1 aromatic rings. The van der Waals surface area contributed by atoms with Gasteiger partial charge in [-0.1, -0.05) is 27.2 Å². The smallest absolute Gasteiger partial charge is 0.250 e. The monoisotopic (exact) mass is 304 g/mol. The Morgan fingerprint density at radius 3 is 2.58 bits per heavy atom. The maximum absolute atomic E-state index is 12.2. The summed E-state index contributed by atoms with van der Waals surface area (Å²) in [6.07, 6.45) is 0.958. The van der Waals surface area contributed by atoms with Gasteiger partial charge in [0.25, 0.3) is 0 Å². The minimum Gasteiger partial charge on any atom is -0.313 e. The van der Waals surface area contributed by atoms with Crippen LogP contribution in [-0.4, -0.2) is 21.0 Å². The van der Waals surface area contributed by atoms with Crippen LogP contribution in [0.4, 0.5) is 0 Å². The number of thiophene rings is 1. The van der Waals surface area contributed by atoms with Crippen LogP contribution in [0.15, 0.2) is 15.7 Å². The highest BCUT2D eigenvalue weighted by Gasteiger charge is 2.21. The molecule has 0 radical (unpaired) electrons. The molecule has 0 aliphatic heterocycles. The Balaban J connectivity index is 2.74. The van der Waals surface area contributed by atoms with Crippen molar-refractivity contribution in [1.29, 1.82) is 0 Å². The van der Waals surface area contributed by atoms with Crippen molar-refractivity contribution in [2.45, 2.75) is 50.9 Å². The molecular weight excluding hydrogens is 280 g/mol. The van der Waals surface area contributed by atoms with Crippen LogP contribution in [0.5, 0.6) is 0 Å². The Morgan fingerprint density at radius 2 is 2.00 bits per heavy atom. The average Bonchev–Trinajstić information content (AvgIpc) is 2.84. The van der Waals surface area contributed by atoms with Gasteiger partial charge in [0.15, 0.2) is 0 Å². The molecule has 1 aromatic heterocycles. The van der Waals surface area contributed by atoms with E-state index < -0.39 is 10.0 Å². The molecule has 2 unspecified atom stereocenters. The first kappa shape index (κ1) is 16.6. The highest BCUT2D eigenvalue weighted by molar-refractivity contribution is 7.91. The maximum atomic E-state index is 12.2. The summed E-state index contributed by atoms with van der Waals surface area (Å²) < 4.78 is 27.6. The molecule has 0 amide bonds. The van der Waals surface area contributed by atoms with Crippen LogP contribution in [0, 0.1) is 5.92 Å². The fourth-order valence-corrected chi connectivity index (χ4v) is 4.21. The number of hydrogen-bond donors (Lipinski definition) is 2. The van der Waals surface area contributed by atoms with Crippen molar-refractivity contribution in [1.82, 2.24) is 10.0 Å². The summed E-state index contributed by atoms with van der Waals surface area (Å²) >= 11 is 1.28. The van der Waals surface area contributed by atoms with Crippen LogP contribution in [0.3, 0.4) is 0 Å². The zero-order valence-corrected chi connectivity index (χ0v) is 13.7. The van der Waals surface area contributed by atoms with Gasteiger partial charge in [-0.05, 0) is 36.4 Å². The molecule has 1 rings (SSSR count). The Morgan fingerprint density at radius 1 is 1.32 bits per heavy atom. The Bertz CT molecular complexity index is 483. The summed E-state index contributed by atoms with van der Waals surface area (Å²) in [6, 6.07) is 1.70. The van der Waals surface area contributed by atoms with Gasteiger partial charge in [-0.25, -0.2) is 13.1 Å². The van der Waals surface area contributed by atoms with Crippen LogP contribution in [-0.2, 0) is 16.6 Å². The van der Waals surface area contributed by atoms with E-state index in [1.54, 1.807) is 6.07 Å².